The molecule has 1 unspecified atom stereocenters. The summed E-state index contributed by atoms with van der Waals surface area (Å²) in [5.41, 5.74) is 6.28. The molecule has 2 aromatic heterocycles. The van der Waals surface area contributed by atoms with Gasteiger partial charge in [-0.05, 0) is 67.9 Å². The molecule has 34 heavy (non-hydrogen) atoms. The first-order valence-corrected chi connectivity index (χ1v) is 12.8. The molecule has 1 aliphatic carbocycles. The summed E-state index contributed by atoms with van der Waals surface area (Å²) in [6.45, 7) is 0. The van der Waals surface area contributed by atoms with Gasteiger partial charge in [-0.2, -0.15) is 0 Å². The van der Waals surface area contributed by atoms with Crippen LogP contribution in [0.15, 0.2) is 48.5 Å². The minimum atomic E-state index is -0.188. The summed E-state index contributed by atoms with van der Waals surface area (Å²) in [4.78, 5) is 35.2. The molecule has 172 valence electrons. The molecule has 6 rings (SSSR count). The van der Waals surface area contributed by atoms with Crippen molar-refractivity contribution in [2.24, 2.45) is 5.92 Å². The largest absolute Gasteiger partial charge is 0.338 e. The summed E-state index contributed by atoms with van der Waals surface area (Å²) >= 11 is 1.68. The first kappa shape index (κ1) is 21.1. The summed E-state index contributed by atoms with van der Waals surface area (Å²) in [5.74, 6) is 0.579. The zero-order chi connectivity index (χ0) is 23.1. The van der Waals surface area contributed by atoms with Gasteiger partial charge in [0, 0.05) is 22.9 Å². The Morgan fingerprint density at radius 1 is 1.09 bits per heavy atom. The highest BCUT2D eigenvalue weighted by Crippen LogP contribution is 2.43. The SMILES string of the molecule is O=C(CCC1Cc2ccccc2NC1=O)Nc1sc2c(c1-c1nc3ccccc3[nH]1)CCCC2. The maximum absolute atomic E-state index is 13.0. The van der Waals surface area contributed by atoms with E-state index >= 15 is 0 Å². The smallest absolute Gasteiger partial charge is 0.227 e. The zero-order valence-electron chi connectivity index (χ0n) is 18.8. The van der Waals surface area contributed by atoms with E-state index in [2.05, 4.69) is 15.6 Å². The fourth-order valence-electron chi connectivity index (χ4n) is 5.12. The van der Waals surface area contributed by atoms with Crippen LogP contribution in [-0.2, 0) is 28.9 Å². The molecule has 0 bridgehead atoms. The van der Waals surface area contributed by atoms with Crippen LogP contribution in [0.2, 0.25) is 0 Å². The van der Waals surface area contributed by atoms with Crippen molar-refractivity contribution in [3.63, 3.8) is 0 Å². The van der Waals surface area contributed by atoms with Crippen molar-refractivity contribution in [1.82, 2.24) is 9.97 Å². The standard InChI is InChI=1S/C27H26N4O2S/c32-23(14-13-17-15-16-7-1-3-9-19(16)30-26(17)33)31-27-24(18-8-2-6-12-22(18)34-27)25-28-20-10-4-5-11-21(20)29-25/h1,3-5,7,9-11,17H,2,6,8,12-15H2,(H,28,29)(H,30,33)(H,31,32). The van der Waals surface area contributed by atoms with Gasteiger partial charge in [0.05, 0.1) is 16.6 Å². The second-order valence-corrected chi connectivity index (χ2v) is 10.3. The number of amides is 2. The van der Waals surface area contributed by atoms with E-state index in [1.54, 1.807) is 11.3 Å². The number of aryl methyl sites for hydroxylation is 1. The fraction of sp³-hybridized carbons (Fsp3) is 0.296. The van der Waals surface area contributed by atoms with Crippen molar-refractivity contribution >= 4 is 44.9 Å². The van der Waals surface area contributed by atoms with Gasteiger partial charge in [0.2, 0.25) is 11.8 Å². The van der Waals surface area contributed by atoms with Gasteiger partial charge in [0.25, 0.3) is 0 Å². The molecule has 0 radical (unpaired) electrons. The third-order valence-corrected chi connectivity index (χ3v) is 8.09. The Labute approximate surface area is 201 Å². The first-order valence-electron chi connectivity index (χ1n) is 11.9. The Morgan fingerprint density at radius 3 is 2.82 bits per heavy atom. The van der Waals surface area contributed by atoms with Gasteiger partial charge in [-0.1, -0.05) is 30.3 Å². The van der Waals surface area contributed by atoms with Crippen molar-refractivity contribution in [1.29, 1.82) is 0 Å². The molecule has 3 heterocycles. The number of para-hydroxylation sites is 3. The Bertz CT molecular complexity index is 1370. The van der Waals surface area contributed by atoms with Crippen LogP contribution in [0.3, 0.4) is 0 Å². The quantitative estimate of drug-likeness (QED) is 0.350. The Morgan fingerprint density at radius 2 is 1.91 bits per heavy atom. The van der Waals surface area contributed by atoms with Crippen molar-refractivity contribution in [2.45, 2.75) is 44.9 Å². The Balaban J connectivity index is 1.22. The number of anilines is 2. The predicted molar refractivity (Wildman–Crippen MR) is 136 cm³/mol. The van der Waals surface area contributed by atoms with Crippen molar-refractivity contribution in [3.8, 4) is 11.4 Å². The van der Waals surface area contributed by atoms with E-state index in [0.29, 0.717) is 19.3 Å². The number of aromatic amines is 1. The van der Waals surface area contributed by atoms with Gasteiger partial charge >= 0.3 is 0 Å². The molecule has 0 saturated heterocycles. The van der Waals surface area contributed by atoms with Crippen LogP contribution in [-0.4, -0.2) is 21.8 Å². The molecule has 3 N–H and O–H groups in total. The lowest BCUT2D eigenvalue weighted by atomic mass is 9.89. The molecule has 0 fully saturated rings. The van der Waals surface area contributed by atoms with Crippen molar-refractivity contribution in [2.75, 3.05) is 10.6 Å². The van der Waals surface area contributed by atoms with Gasteiger partial charge in [-0.25, -0.2) is 4.98 Å². The van der Waals surface area contributed by atoms with E-state index in [1.807, 2.05) is 48.5 Å². The summed E-state index contributed by atoms with van der Waals surface area (Å²) in [6.07, 6.45) is 5.90. The molecule has 0 saturated carbocycles. The number of thiophene rings is 1. The third-order valence-electron chi connectivity index (χ3n) is 6.88. The average molecular weight is 471 g/mol. The van der Waals surface area contributed by atoms with Gasteiger partial charge < -0.3 is 15.6 Å². The number of imidazole rings is 1. The molecular formula is C27H26N4O2S. The second kappa shape index (κ2) is 8.72. The highest BCUT2D eigenvalue weighted by Gasteiger charge is 2.28. The normalized spacial score (nSPS) is 17.2. The molecule has 0 spiro atoms. The number of aromatic nitrogens is 2. The van der Waals surface area contributed by atoms with Gasteiger partial charge in [-0.15, -0.1) is 11.3 Å². The zero-order valence-corrected chi connectivity index (χ0v) is 19.6. The summed E-state index contributed by atoms with van der Waals surface area (Å²) in [6, 6.07) is 15.9. The van der Waals surface area contributed by atoms with Crippen LogP contribution in [0.1, 0.15) is 41.7 Å². The topological polar surface area (TPSA) is 86.9 Å². The highest BCUT2D eigenvalue weighted by molar-refractivity contribution is 7.17. The lowest BCUT2D eigenvalue weighted by molar-refractivity contribution is -0.121. The Hall–Kier alpha value is -3.45. The summed E-state index contributed by atoms with van der Waals surface area (Å²) in [7, 11) is 0. The van der Waals surface area contributed by atoms with Gasteiger partial charge in [-0.3, -0.25) is 9.59 Å². The number of carbonyl (C=O) groups excluding carboxylic acids is 2. The van der Waals surface area contributed by atoms with Crippen LogP contribution in [0.25, 0.3) is 22.4 Å². The van der Waals surface area contributed by atoms with E-state index in [4.69, 9.17) is 4.98 Å². The molecule has 6 nitrogen and oxygen atoms in total. The molecule has 4 aromatic rings. The van der Waals surface area contributed by atoms with Crippen LogP contribution in [0.5, 0.6) is 0 Å². The molecule has 7 heteroatoms. The third kappa shape index (κ3) is 3.90. The van der Waals surface area contributed by atoms with Crippen LogP contribution < -0.4 is 10.6 Å². The number of rotatable bonds is 5. The van der Waals surface area contributed by atoms with Gasteiger partial charge in [0.15, 0.2) is 0 Å². The molecule has 1 atom stereocenters. The van der Waals surface area contributed by atoms with Crippen LogP contribution >= 0.6 is 11.3 Å². The number of nitrogens with one attached hydrogen (secondary N) is 3. The first-order chi connectivity index (χ1) is 16.7. The van der Waals surface area contributed by atoms with Crippen molar-refractivity contribution < 1.29 is 9.59 Å². The predicted octanol–water partition coefficient (Wildman–Crippen LogP) is 5.70. The van der Waals surface area contributed by atoms with E-state index in [0.717, 1.165) is 57.9 Å². The van der Waals surface area contributed by atoms with Crippen molar-refractivity contribution in [3.05, 3.63) is 64.5 Å². The molecule has 2 aromatic carbocycles. The van der Waals surface area contributed by atoms with E-state index in [9.17, 15) is 9.59 Å². The number of carbonyl (C=O) groups is 2. The molecule has 2 aliphatic rings. The number of benzene rings is 2. The lowest BCUT2D eigenvalue weighted by Crippen LogP contribution is -2.30. The fourth-order valence-corrected chi connectivity index (χ4v) is 6.42. The number of H-pyrrole nitrogens is 1. The average Bonchev–Trinajstić information content (AvgIpc) is 3.43. The summed E-state index contributed by atoms with van der Waals surface area (Å²) < 4.78 is 0. The minimum absolute atomic E-state index is 0.000974. The number of fused-ring (bicyclic) bond motifs is 3. The molecular weight excluding hydrogens is 444 g/mol. The van der Waals surface area contributed by atoms with Crippen LogP contribution in [0.4, 0.5) is 10.7 Å². The number of hydrogen-bond acceptors (Lipinski definition) is 4. The summed E-state index contributed by atoms with van der Waals surface area (Å²) in [5, 5.41) is 7.02. The number of nitrogens with zero attached hydrogens (tertiary/aromatic N) is 1. The monoisotopic (exact) mass is 470 g/mol. The second-order valence-electron chi connectivity index (χ2n) is 9.15. The van der Waals surface area contributed by atoms with E-state index in [1.165, 1.54) is 16.9 Å². The maximum atomic E-state index is 13.0. The van der Waals surface area contributed by atoms with E-state index < -0.39 is 0 Å². The van der Waals surface area contributed by atoms with Crippen LogP contribution in [0, 0.1) is 5.92 Å². The minimum Gasteiger partial charge on any atom is -0.338 e. The Kier molecular flexibility index (Phi) is 5.41. The molecule has 2 amide bonds. The van der Waals surface area contributed by atoms with E-state index in [-0.39, 0.29) is 17.7 Å². The maximum Gasteiger partial charge on any atom is 0.227 e. The number of hydrogen-bond donors (Lipinski definition) is 3. The lowest BCUT2D eigenvalue weighted by Gasteiger charge is -2.24. The highest BCUT2D eigenvalue weighted by atomic mass is 32.1. The molecule has 1 aliphatic heterocycles. The van der Waals surface area contributed by atoms with Gasteiger partial charge in [0.1, 0.15) is 10.8 Å².